The van der Waals surface area contributed by atoms with E-state index in [0.717, 1.165) is 4.90 Å². The number of hydrogen-bond donors (Lipinski definition) is 4. The number of nitrogens with one attached hydrogen (secondary N) is 3. The summed E-state index contributed by atoms with van der Waals surface area (Å²) in [7, 11) is -3.82. The molecule has 5 N–H and O–H groups in total. The Morgan fingerprint density at radius 2 is 1.43 bits per heavy atom. The number of amides is 3. The molecule has 12 heteroatoms. The van der Waals surface area contributed by atoms with Crippen molar-refractivity contribution in [2.75, 3.05) is 23.0 Å². The summed E-state index contributed by atoms with van der Waals surface area (Å²) in [6, 6.07) is 28.2. The van der Waals surface area contributed by atoms with Gasteiger partial charge < -0.3 is 20.7 Å². The van der Waals surface area contributed by atoms with Crippen LogP contribution in [0.4, 0.5) is 11.4 Å². The summed E-state index contributed by atoms with van der Waals surface area (Å²) in [4.78, 5) is 39.4. The summed E-state index contributed by atoms with van der Waals surface area (Å²) in [5.41, 5.74) is 1.97. The zero-order valence-corrected chi connectivity index (χ0v) is 25.3. The number of benzene rings is 4. The van der Waals surface area contributed by atoms with Gasteiger partial charge in [0, 0.05) is 27.4 Å². The van der Waals surface area contributed by atoms with Gasteiger partial charge in [-0.1, -0.05) is 36.4 Å². The van der Waals surface area contributed by atoms with Crippen molar-refractivity contribution in [3.8, 4) is 5.75 Å². The Morgan fingerprint density at radius 3 is 2.09 bits per heavy atom. The second-order valence-electron chi connectivity index (χ2n) is 9.23. The minimum absolute atomic E-state index is 0.0261. The van der Waals surface area contributed by atoms with Crippen molar-refractivity contribution in [2.45, 2.75) is 16.7 Å². The van der Waals surface area contributed by atoms with Crippen LogP contribution in [0, 0.1) is 0 Å². The lowest BCUT2D eigenvalue weighted by Gasteiger charge is -2.13. The van der Waals surface area contributed by atoms with Crippen LogP contribution in [0.25, 0.3) is 6.08 Å². The number of para-hydroxylation sites is 1. The maximum absolute atomic E-state index is 13.4. The van der Waals surface area contributed by atoms with Crippen LogP contribution < -0.4 is 25.8 Å². The monoisotopic (exact) mass is 630 g/mol. The molecule has 0 radical (unpaired) electrons. The molecule has 4 aromatic rings. The first kappa shape index (κ1) is 32.0. The van der Waals surface area contributed by atoms with Gasteiger partial charge >= 0.3 is 0 Å². The quantitative estimate of drug-likeness (QED) is 0.128. The zero-order valence-electron chi connectivity index (χ0n) is 23.6. The molecule has 0 spiro atoms. The third-order valence-electron chi connectivity index (χ3n) is 6.00. The van der Waals surface area contributed by atoms with Crippen molar-refractivity contribution in [3.05, 3.63) is 120 Å². The van der Waals surface area contributed by atoms with Gasteiger partial charge in [-0.25, -0.2) is 13.6 Å². The fraction of sp³-hybridized carbons (Fsp3) is 0.0938. The van der Waals surface area contributed by atoms with Crippen LogP contribution in [0.5, 0.6) is 5.75 Å². The van der Waals surface area contributed by atoms with Gasteiger partial charge in [0.1, 0.15) is 11.4 Å². The van der Waals surface area contributed by atoms with E-state index in [0.29, 0.717) is 34.9 Å². The minimum Gasteiger partial charge on any atom is -0.493 e. The van der Waals surface area contributed by atoms with Gasteiger partial charge in [0.2, 0.25) is 15.9 Å². The molecule has 0 fully saturated rings. The Labute approximate surface area is 259 Å². The fourth-order valence-electron chi connectivity index (χ4n) is 3.89. The first-order valence-corrected chi connectivity index (χ1v) is 15.9. The SMILES string of the molecule is CCOc1ccccc1/C=C(\NC(=O)c1ccccc1)C(=O)Nc1ccc(SCC(=O)Nc2ccc(S(N)(=O)=O)cc2)cc1. The van der Waals surface area contributed by atoms with Gasteiger partial charge in [-0.3, -0.25) is 14.4 Å². The number of thioether (sulfide) groups is 1. The van der Waals surface area contributed by atoms with E-state index < -0.39 is 21.8 Å². The van der Waals surface area contributed by atoms with Crippen LogP contribution >= 0.6 is 11.8 Å². The summed E-state index contributed by atoms with van der Waals surface area (Å²) in [5, 5.41) is 13.3. The van der Waals surface area contributed by atoms with Crippen molar-refractivity contribution in [2.24, 2.45) is 5.14 Å². The van der Waals surface area contributed by atoms with E-state index >= 15 is 0 Å². The zero-order chi connectivity index (χ0) is 31.5. The highest BCUT2D eigenvalue weighted by atomic mass is 32.2. The van der Waals surface area contributed by atoms with E-state index in [1.165, 1.54) is 36.0 Å². The van der Waals surface area contributed by atoms with Crippen LogP contribution in [0.15, 0.2) is 119 Å². The minimum atomic E-state index is -3.82. The highest BCUT2D eigenvalue weighted by Crippen LogP contribution is 2.23. The molecule has 4 aromatic carbocycles. The van der Waals surface area contributed by atoms with Crippen molar-refractivity contribution < 1.29 is 27.5 Å². The van der Waals surface area contributed by atoms with E-state index in [2.05, 4.69) is 16.0 Å². The number of carbonyl (C=O) groups excluding carboxylic acids is 3. The topological polar surface area (TPSA) is 157 Å². The molecule has 0 unspecified atom stereocenters. The predicted octanol–water partition coefficient (Wildman–Crippen LogP) is 4.87. The Balaban J connectivity index is 1.41. The fourth-order valence-corrected chi connectivity index (χ4v) is 5.11. The van der Waals surface area contributed by atoms with Gasteiger partial charge in [0.15, 0.2) is 0 Å². The van der Waals surface area contributed by atoms with Crippen LogP contribution in [0.2, 0.25) is 0 Å². The van der Waals surface area contributed by atoms with Gasteiger partial charge in [-0.05, 0) is 79.7 Å². The van der Waals surface area contributed by atoms with E-state index in [4.69, 9.17) is 9.88 Å². The molecule has 226 valence electrons. The van der Waals surface area contributed by atoms with Crippen molar-refractivity contribution in [1.82, 2.24) is 5.32 Å². The largest absolute Gasteiger partial charge is 0.493 e. The van der Waals surface area contributed by atoms with Crippen LogP contribution in [0.3, 0.4) is 0 Å². The second-order valence-corrected chi connectivity index (χ2v) is 11.8. The van der Waals surface area contributed by atoms with E-state index in [-0.39, 0.29) is 22.3 Å². The summed E-state index contributed by atoms with van der Waals surface area (Å²) in [5.74, 6) is -0.590. The molecule has 0 bridgehead atoms. The number of hydrogen-bond acceptors (Lipinski definition) is 7. The lowest BCUT2D eigenvalue weighted by atomic mass is 10.1. The summed E-state index contributed by atoms with van der Waals surface area (Å²) in [6.07, 6.45) is 1.56. The molecule has 0 aliphatic carbocycles. The molecule has 3 amide bonds. The molecular weight excluding hydrogens is 601 g/mol. The number of nitrogens with two attached hydrogens (primary N) is 1. The lowest BCUT2D eigenvalue weighted by Crippen LogP contribution is -2.30. The molecule has 4 rings (SSSR count). The average Bonchev–Trinajstić information content (AvgIpc) is 3.01. The van der Waals surface area contributed by atoms with Crippen molar-refractivity contribution in [3.63, 3.8) is 0 Å². The first-order valence-electron chi connectivity index (χ1n) is 13.4. The number of ether oxygens (including phenoxy) is 1. The molecule has 0 saturated carbocycles. The number of sulfonamides is 1. The normalized spacial score (nSPS) is 11.4. The molecule has 10 nitrogen and oxygen atoms in total. The third kappa shape index (κ3) is 9.30. The molecule has 44 heavy (non-hydrogen) atoms. The van der Waals surface area contributed by atoms with Gasteiger partial charge in [-0.15, -0.1) is 11.8 Å². The Kier molecular flexibility index (Phi) is 10.9. The molecule has 0 aliphatic heterocycles. The number of rotatable bonds is 12. The summed E-state index contributed by atoms with van der Waals surface area (Å²) < 4.78 is 28.5. The maximum atomic E-state index is 13.4. The van der Waals surface area contributed by atoms with Crippen molar-refractivity contribution in [1.29, 1.82) is 0 Å². The Bertz CT molecular complexity index is 1760. The van der Waals surface area contributed by atoms with E-state index in [1.54, 1.807) is 72.8 Å². The molecule has 0 aliphatic rings. The molecule has 0 aromatic heterocycles. The lowest BCUT2D eigenvalue weighted by molar-refractivity contribution is -0.114. The Hall–Kier alpha value is -4.91. The molecule has 0 heterocycles. The second kappa shape index (κ2) is 15.0. The average molecular weight is 631 g/mol. The third-order valence-corrected chi connectivity index (χ3v) is 7.94. The maximum Gasteiger partial charge on any atom is 0.272 e. The number of carbonyl (C=O) groups is 3. The summed E-state index contributed by atoms with van der Waals surface area (Å²) in [6.45, 7) is 2.29. The number of anilines is 2. The molecule has 0 saturated heterocycles. The molecular formula is C32H30N4O6S2. The smallest absolute Gasteiger partial charge is 0.272 e. The highest BCUT2D eigenvalue weighted by molar-refractivity contribution is 8.00. The highest BCUT2D eigenvalue weighted by Gasteiger charge is 2.16. The van der Waals surface area contributed by atoms with Crippen LogP contribution in [-0.2, 0) is 19.6 Å². The van der Waals surface area contributed by atoms with Gasteiger partial charge in [-0.2, -0.15) is 0 Å². The predicted molar refractivity (Wildman–Crippen MR) is 172 cm³/mol. The molecule has 0 atom stereocenters. The first-order chi connectivity index (χ1) is 21.1. The van der Waals surface area contributed by atoms with Crippen LogP contribution in [0.1, 0.15) is 22.8 Å². The van der Waals surface area contributed by atoms with Crippen LogP contribution in [-0.4, -0.2) is 38.5 Å². The summed E-state index contributed by atoms with van der Waals surface area (Å²) >= 11 is 1.28. The van der Waals surface area contributed by atoms with Crippen molar-refractivity contribution >= 4 is 57.0 Å². The Morgan fingerprint density at radius 1 is 0.818 bits per heavy atom. The van der Waals surface area contributed by atoms with Gasteiger partial charge in [0.25, 0.3) is 11.8 Å². The van der Waals surface area contributed by atoms with Gasteiger partial charge in [0.05, 0.1) is 17.3 Å². The van der Waals surface area contributed by atoms with E-state index in [1.807, 2.05) is 19.1 Å². The number of primary sulfonamides is 1. The standard InChI is InChI=1S/C32H30N4O6S2/c1-2-42-29-11-7-6-10-23(29)20-28(36-31(38)22-8-4-3-5-9-22)32(39)35-25-12-16-26(17-13-25)43-21-30(37)34-24-14-18-27(19-15-24)44(33,40)41/h3-20H,2,21H2,1H3,(H,34,37)(H,35,39)(H,36,38)(H2,33,40,41)/b28-20-. The van der Waals surface area contributed by atoms with E-state index in [9.17, 15) is 22.8 Å².